The Labute approximate surface area is 142 Å². The molecule has 0 fully saturated rings. The first-order valence-electron chi connectivity index (χ1n) is 7.43. The fourth-order valence-corrected chi connectivity index (χ4v) is 2.90. The van der Waals surface area contributed by atoms with Gasteiger partial charge in [-0.2, -0.15) is 0 Å². The number of nitrogens with one attached hydrogen (secondary N) is 2. The molecule has 3 aromatic rings. The van der Waals surface area contributed by atoms with Gasteiger partial charge in [0.2, 0.25) is 5.91 Å². The summed E-state index contributed by atoms with van der Waals surface area (Å²) in [5, 5.41) is 12.6. The van der Waals surface area contributed by atoms with E-state index in [9.17, 15) is 9.59 Å². The van der Waals surface area contributed by atoms with E-state index in [4.69, 9.17) is 0 Å². The van der Waals surface area contributed by atoms with Crippen molar-refractivity contribution >= 4 is 34.1 Å². The molecular formula is C17H16N4O2S. The minimum Gasteiger partial charge on any atom is -0.325 e. The number of carbonyl (C=O) groups is 1. The van der Waals surface area contributed by atoms with Crippen molar-refractivity contribution in [3.8, 4) is 0 Å². The molecule has 0 radical (unpaired) electrons. The van der Waals surface area contributed by atoms with Crippen molar-refractivity contribution in [3.63, 3.8) is 0 Å². The second kappa shape index (κ2) is 6.84. The highest BCUT2D eigenvalue weighted by Crippen LogP contribution is 2.22. The van der Waals surface area contributed by atoms with Crippen LogP contribution in [0.2, 0.25) is 0 Å². The lowest BCUT2D eigenvalue weighted by atomic mass is 10.1. The molecule has 1 heterocycles. The van der Waals surface area contributed by atoms with Gasteiger partial charge in [-0.05, 0) is 36.8 Å². The third kappa shape index (κ3) is 3.62. The molecule has 2 N–H and O–H groups in total. The van der Waals surface area contributed by atoms with Crippen molar-refractivity contribution in [2.75, 3.05) is 5.32 Å². The molecule has 1 aromatic heterocycles. The number of nitrogens with zero attached hydrogens (tertiary/aromatic N) is 2. The summed E-state index contributed by atoms with van der Waals surface area (Å²) in [7, 11) is 0. The van der Waals surface area contributed by atoms with Gasteiger partial charge in [-0.1, -0.05) is 42.1 Å². The number of H-pyrrole nitrogens is 1. The van der Waals surface area contributed by atoms with Crippen LogP contribution < -0.4 is 10.9 Å². The Morgan fingerprint density at radius 2 is 1.92 bits per heavy atom. The number of hydrogen-bond acceptors (Lipinski definition) is 5. The van der Waals surface area contributed by atoms with Gasteiger partial charge in [-0.25, -0.2) is 0 Å². The predicted octanol–water partition coefficient (Wildman–Crippen LogP) is 2.75. The molecule has 0 bridgehead atoms. The van der Waals surface area contributed by atoms with Crippen molar-refractivity contribution in [1.82, 2.24) is 15.2 Å². The quantitative estimate of drug-likeness (QED) is 0.713. The Kier molecular flexibility index (Phi) is 4.61. The number of amides is 1. The Morgan fingerprint density at radius 1 is 1.17 bits per heavy atom. The second-order valence-corrected chi connectivity index (χ2v) is 6.69. The Bertz CT molecular complexity index is 954. The molecule has 0 aliphatic carbocycles. The molecule has 0 saturated carbocycles. The molecule has 1 amide bonds. The molecule has 0 aliphatic rings. The third-order valence-corrected chi connectivity index (χ3v) is 4.49. The van der Waals surface area contributed by atoms with Crippen molar-refractivity contribution in [1.29, 1.82) is 0 Å². The number of fused-ring (bicyclic) bond motifs is 1. The Balaban J connectivity index is 1.70. The highest BCUT2D eigenvalue weighted by atomic mass is 32.2. The summed E-state index contributed by atoms with van der Waals surface area (Å²) >= 11 is 1.16. The van der Waals surface area contributed by atoms with E-state index in [1.807, 2.05) is 42.5 Å². The maximum atomic E-state index is 12.3. The number of carbonyl (C=O) groups excluding carboxylic acids is 1. The summed E-state index contributed by atoms with van der Waals surface area (Å²) in [5.41, 5.74) is 0.733. The van der Waals surface area contributed by atoms with Crippen LogP contribution in [-0.4, -0.2) is 26.3 Å². The van der Waals surface area contributed by atoms with Gasteiger partial charge in [0.1, 0.15) is 5.69 Å². The molecule has 7 heteroatoms. The molecule has 2 aromatic carbocycles. The monoisotopic (exact) mass is 340 g/mol. The fraction of sp³-hybridized carbons (Fsp3) is 0.176. The average molecular weight is 340 g/mol. The standard InChI is InChI=1S/C17H16N4O2S/c1-10-15(22)19-17(21-20-10)24-11(2)16(23)18-14-8-7-12-5-3-4-6-13(12)9-14/h3-9,11H,1-2H3,(H,18,23)(H,19,21,22)/t11-/m0/s1. The zero-order valence-corrected chi connectivity index (χ0v) is 14.1. The van der Waals surface area contributed by atoms with Crippen LogP contribution >= 0.6 is 11.8 Å². The van der Waals surface area contributed by atoms with E-state index in [0.717, 1.165) is 28.2 Å². The van der Waals surface area contributed by atoms with Gasteiger partial charge in [0.25, 0.3) is 5.56 Å². The molecule has 6 nitrogen and oxygen atoms in total. The van der Waals surface area contributed by atoms with Gasteiger partial charge >= 0.3 is 0 Å². The first-order chi connectivity index (χ1) is 11.5. The van der Waals surface area contributed by atoms with E-state index < -0.39 is 5.25 Å². The van der Waals surface area contributed by atoms with Gasteiger partial charge in [0.05, 0.1) is 5.25 Å². The van der Waals surface area contributed by atoms with Crippen molar-refractivity contribution in [3.05, 3.63) is 58.5 Å². The summed E-state index contributed by atoms with van der Waals surface area (Å²) in [6, 6.07) is 13.7. The van der Waals surface area contributed by atoms with Crippen LogP contribution in [0.4, 0.5) is 5.69 Å². The van der Waals surface area contributed by atoms with E-state index in [2.05, 4.69) is 20.5 Å². The fourth-order valence-electron chi connectivity index (χ4n) is 2.16. The maximum absolute atomic E-state index is 12.3. The second-order valence-electron chi connectivity index (χ2n) is 5.36. The Morgan fingerprint density at radius 3 is 2.67 bits per heavy atom. The zero-order valence-electron chi connectivity index (χ0n) is 13.2. The molecule has 0 unspecified atom stereocenters. The van der Waals surface area contributed by atoms with Crippen molar-refractivity contribution in [2.45, 2.75) is 24.3 Å². The lowest BCUT2D eigenvalue weighted by Crippen LogP contribution is -2.23. The van der Waals surface area contributed by atoms with Gasteiger partial charge in [-0.3, -0.25) is 14.6 Å². The van der Waals surface area contributed by atoms with E-state index >= 15 is 0 Å². The smallest absolute Gasteiger partial charge is 0.273 e. The first-order valence-corrected chi connectivity index (χ1v) is 8.31. The highest BCUT2D eigenvalue weighted by molar-refractivity contribution is 8.00. The normalized spacial score (nSPS) is 12.1. The van der Waals surface area contributed by atoms with Crippen LogP contribution in [0.15, 0.2) is 52.4 Å². The lowest BCUT2D eigenvalue weighted by molar-refractivity contribution is -0.115. The van der Waals surface area contributed by atoms with Crippen LogP contribution in [0.3, 0.4) is 0 Å². The predicted molar refractivity (Wildman–Crippen MR) is 95.3 cm³/mol. The topological polar surface area (TPSA) is 87.7 Å². The largest absolute Gasteiger partial charge is 0.325 e. The summed E-state index contributed by atoms with van der Waals surface area (Å²) in [6.07, 6.45) is 0. The number of rotatable bonds is 4. The van der Waals surface area contributed by atoms with E-state index in [1.165, 1.54) is 0 Å². The molecular weight excluding hydrogens is 324 g/mol. The molecule has 0 saturated heterocycles. The van der Waals surface area contributed by atoms with Gasteiger partial charge < -0.3 is 5.32 Å². The minimum absolute atomic E-state index is 0.168. The number of anilines is 1. The van der Waals surface area contributed by atoms with Crippen LogP contribution in [-0.2, 0) is 4.79 Å². The highest BCUT2D eigenvalue weighted by Gasteiger charge is 2.16. The van der Waals surface area contributed by atoms with Gasteiger partial charge in [0.15, 0.2) is 5.16 Å². The average Bonchev–Trinajstić information content (AvgIpc) is 2.58. The maximum Gasteiger partial charge on any atom is 0.273 e. The molecule has 24 heavy (non-hydrogen) atoms. The number of hydrogen-bond donors (Lipinski definition) is 2. The van der Waals surface area contributed by atoms with E-state index in [0.29, 0.717) is 10.9 Å². The van der Waals surface area contributed by atoms with Crippen LogP contribution in [0, 0.1) is 6.92 Å². The molecule has 3 rings (SSSR count). The number of aromatic amines is 1. The third-order valence-electron chi connectivity index (χ3n) is 3.51. The van der Waals surface area contributed by atoms with Gasteiger partial charge in [0, 0.05) is 5.69 Å². The number of aryl methyl sites for hydroxylation is 1. The summed E-state index contributed by atoms with van der Waals surface area (Å²) in [6.45, 7) is 3.33. The van der Waals surface area contributed by atoms with Crippen molar-refractivity contribution in [2.24, 2.45) is 0 Å². The summed E-state index contributed by atoms with van der Waals surface area (Å²) < 4.78 is 0. The van der Waals surface area contributed by atoms with Crippen LogP contribution in [0.25, 0.3) is 10.8 Å². The zero-order chi connectivity index (χ0) is 17.1. The van der Waals surface area contributed by atoms with Gasteiger partial charge in [-0.15, -0.1) is 10.2 Å². The SMILES string of the molecule is Cc1nnc(S[C@@H](C)C(=O)Nc2ccc3ccccc3c2)[nH]c1=O. The molecule has 1 atom stereocenters. The molecule has 0 aliphatic heterocycles. The molecule has 0 spiro atoms. The number of aromatic nitrogens is 3. The lowest BCUT2D eigenvalue weighted by Gasteiger charge is -2.11. The Hall–Kier alpha value is -2.67. The van der Waals surface area contributed by atoms with Crippen LogP contribution in [0.5, 0.6) is 0 Å². The summed E-state index contributed by atoms with van der Waals surface area (Å²) in [5.74, 6) is -0.168. The first kappa shape index (κ1) is 16.2. The molecule has 122 valence electrons. The minimum atomic E-state index is -0.427. The van der Waals surface area contributed by atoms with E-state index in [-0.39, 0.29) is 11.5 Å². The van der Waals surface area contributed by atoms with Crippen molar-refractivity contribution < 1.29 is 4.79 Å². The number of benzene rings is 2. The number of thioether (sulfide) groups is 1. The van der Waals surface area contributed by atoms with E-state index in [1.54, 1.807) is 13.8 Å². The van der Waals surface area contributed by atoms with Crippen LogP contribution in [0.1, 0.15) is 12.6 Å². The summed E-state index contributed by atoms with van der Waals surface area (Å²) in [4.78, 5) is 26.5.